The number of hydrogen-bond donors (Lipinski definition) is 2. The van der Waals surface area contributed by atoms with Crippen molar-refractivity contribution in [2.24, 2.45) is 0 Å². The summed E-state index contributed by atoms with van der Waals surface area (Å²) in [6.07, 6.45) is 0.440. The molecule has 1 aromatic rings. The number of nitrogens with one attached hydrogen (secondary N) is 1. The van der Waals surface area contributed by atoms with Gasteiger partial charge in [0.1, 0.15) is 0 Å². The summed E-state index contributed by atoms with van der Waals surface area (Å²) in [5.41, 5.74) is 0.824. The van der Waals surface area contributed by atoms with Crippen molar-refractivity contribution < 1.29 is 4.79 Å². The molecule has 0 radical (unpaired) electrons. The van der Waals surface area contributed by atoms with Crippen LogP contribution >= 0.6 is 51.1 Å². The van der Waals surface area contributed by atoms with Gasteiger partial charge in [0.05, 0.1) is 0 Å². The van der Waals surface area contributed by atoms with Gasteiger partial charge in [0.15, 0.2) is 0 Å². The highest BCUT2D eigenvalue weighted by Gasteiger charge is 2.02. The minimum Gasteiger partial charge on any atom is -0.326 e. The van der Waals surface area contributed by atoms with E-state index >= 15 is 0 Å². The predicted octanol–water partition coefficient (Wildman–Crippen LogP) is 3.31. The molecule has 0 saturated carbocycles. The second-order valence-electron chi connectivity index (χ2n) is 2.65. The highest BCUT2D eigenvalue weighted by molar-refractivity contribution is 14.1. The van der Waals surface area contributed by atoms with Crippen LogP contribution in [0.2, 0.25) is 0 Å². The van der Waals surface area contributed by atoms with E-state index in [1.807, 2.05) is 18.2 Å². The third-order valence-corrected chi connectivity index (χ3v) is 4.09. The first kappa shape index (κ1) is 12.3. The van der Waals surface area contributed by atoms with E-state index in [1.165, 1.54) is 0 Å². The standard InChI is InChI=1S/C9H9BrINOS/c10-7-2-1-6(5-8(7)11)12-9(13)3-4-14/h1-2,5,14H,3-4H2,(H,12,13). The zero-order valence-corrected chi connectivity index (χ0v) is 11.9. The second-order valence-corrected chi connectivity index (χ2v) is 5.11. The van der Waals surface area contributed by atoms with Crippen molar-refractivity contribution in [2.75, 3.05) is 11.1 Å². The van der Waals surface area contributed by atoms with E-state index < -0.39 is 0 Å². The summed E-state index contributed by atoms with van der Waals surface area (Å²) in [6, 6.07) is 5.70. The molecule has 1 aromatic carbocycles. The number of halogens is 2. The zero-order valence-electron chi connectivity index (χ0n) is 7.26. The minimum atomic E-state index is -0.00174. The molecule has 1 rings (SSSR count). The van der Waals surface area contributed by atoms with Gasteiger partial charge in [-0.25, -0.2) is 0 Å². The van der Waals surface area contributed by atoms with Gasteiger partial charge in [-0.15, -0.1) is 0 Å². The lowest BCUT2D eigenvalue weighted by molar-refractivity contribution is -0.115. The number of carbonyl (C=O) groups is 1. The average Bonchev–Trinajstić information content (AvgIpc) is 2.12. The second kappa shape index (κ2) is 5.97. The Hall–Kier alpha value is 0.250. The molecule has 5 heteroatoms. The molecule has 0 aliphatic carbocycles. The number of thiol groups is 1. The van der Waals surface area contributed by atoms with Gasteiger partial charge < -0.3 is 5.32 Å². The lowest BCUT2D eigenvalue weighted by atomic mass is 10.3. The van der Waals surface area contributed by atoms with E-state index in [9.17, 15) is 4.79 Å². The summed E-state index contributed by atoms with van der Waals surface area (Å²) in [5, 5.41) is 2.80. The summed E-state index contributed by atoms with van der Waals surface area (Å²) in [7, 11) is 0. The highest BCUT2D eigenvalue weighted by atomic mass is 127. The van der Waals surface area contributed by atoms with Crippen molar-refractivity contribution in [1.82, 2.24) is 0 Å². The zero-order chi connectivity index (χ0) is 10.6. The molecule has 76 valence electrons. The summed E-state index contributed by atoms with van der Waals surface area (Å²) in [6.45, 7) is 0. The van der Waals surface area contributed by atoms with Crippen molar-refractivity contribution in [2.45, 2.75) is 6.42 Å². The fourth-order valence-electron chi connectivity index (χ4n) is 0.899. The maximum atomic E-state index is 11.2. The molecule has 0 aromatic heterocycles. The third kappa shape index (κ3) is 3.78. The highest BCUT2D eigenvalue weighted by Crippen LogP contribution is 2.22. The Morgan fingerprint density at radius 3 is 2.86 bits per heavy atom. The minimum absolute atomic E-state index is 0.00174. The van der Waals surface area contributed by atoms with Crippen LogP contribution in [-0.4, -0.2) is 11.7 Å². The Labute approximate surface area is 111 Å². The number of carbonyl (C=O) groups excluding carboxylic acids is 1. The van der Waals surface area contributed by atoms with Crippen LogP contribution in [0.3, 0.4) is 0 Å². The van der Waals surface area contributed by atoms with Gasteiger partial charge in [0, 0.05) is 20.2 Å². The molecule has 2 nitrogen and oxygen atoms in total. The van der Waals surface area contributed by atoms with Crippen molar-refractivity contribution in [3.05, 3.63) is 26.2 Å². The van der Waals surface area contributed by atoms with Crippen LogP contribution < -0.4 is 5.32 Å². The summed E-state index contributed by atoms with van der Waals surface area (Å²) < 4.78 is 2.11. The van der Waals surface area contributed by atoms with Gasteiger partial charge in [0.25, 0.3) is 0 Å². The summed E-state index contributed by atoms with van der Waals surface area (Å²) in [5.74, 6) is 0.567. The quantitative estimate of drug-likeness (QED) is 0.606. The van der Waals surface area contributed by atoms with Crippen LogP contribution in [-0.2, 0) is 4.79 Å². The van der Waals surface area contributed by atoms with Gasteiger partial charge in [-0.05, 0) is 62.5 Å². The van der Waals surface area contributed by atoms with Crippen LogP contribution in [0.5, 0.6) is 0 Å². The lowest BCUT2D eigenvalue weighted by Crippen LogP contribution is -2.11. The molecular formula is C9H9BrINOS. The van der Waals surface area contributed by atoms with Gasteiger partial charge in [-0.2, -0.15) is 12.6 Å². The normalized spacial score (nSPS) is 9.93. The Morgan fingerprint density at radius 2 is 2.29 bits per heavy atom. The average molecular weight is 386 g/mol. The van der Waals surface area contributed by atoms with E-state index in [0.717, 1.165) is 13.7 Å². The van der Waals surface area contributed by atoms with Crippen molar-refractivity contribution >= 4 is 62.7 Å². The van der Waals surface area contributed by atoms with E-state index in [-0.39, 0.29) is 5.91 Å². The molecule has 0 atom stereocenters. The number of benzene rings is 1. The fourth-order valence-corrected chi connectivity index (χ4v) is 1.86. The Morgan fingerprint density at radius 1 is 1.57 bits per heavy atom. The topological polar surface area (TPSA) is 29.1 Å². The maximum Gasteiger partial charge on any atom is 0.225 e. The van der Waals surface area contributed by atoms with E-state index in [1.54, 1.807) is 0 Å². The maximum absolute atomic E-state index is 11.2. The molecule has 0 saturated heterocycles. The smallest absolute Gasteiger partial charge is 0.225 e. The first-order valence-corrected chi connectivity index (χ1v) is 6.49. The first-order valence-electron chi connectivity index (χ1n) is 3.99. The Kier molecular flexibility index (Phi) is 5.25. The van der Waals surface area contributed by atoms with Crippen LogP contribution in [0.4, 0.5) is 5.69 Å². The number of amides is 1. The molecule has 0 heterocycles. The van der Waals surface area contributed by atoms with Gasteiger partial charge in [-0.1, -0.05) is 0 Å². The van der Waals surface area contributed by atoms with E-state index in [4.69, 9.17) is 0 Å². The fraction of sp³-hybridized carbons (Fsp3) is 0.222. The third-order valence-electron chi connectivity index (χ3n) is 1.54. The van der Waals surface area contributed by atoms with Crippen LogP contribution in [0.15, 0.2) is 22.7 Å². The Bertz CT molecular complexity index is 346. The van der Waals surface area contributed by atoms with Crippen molar-refractivity contribution in [1.29, 1.82) is 0 Å². The summed E-state index contributed by atoms with van der Waals surface area (Å²) in [4.78, 5) is 11.2. The van der Waals surface area contributed by atoms with E-state index in [2.05, 4.69) is 56.5 Å². The van der Waals surface area contributed by atoms with Crippen LogP contribution in [0.1, 0.15) is 6.42 Å². The molecule has 1 amide bonds. The molecule has 0 fully saturated rings. The van der Waals surface area contributed by atoms with Gasteiger partial charge in [-0.3, -0.25) is 4.79 Å². The number of hydrogen-bond acceptors (Lipinski definition) is 2. The van der Waals surface area contributed by atoms with Crippen molar-refractivity contribution in [3.8, 4) is 0 Å². The van der Waals surface area contributed by atoms with Gasteiger partial charge >= 0.3 is 0 Å². The molecular weight excluding hydrogens is 377 g/mol. The molecule has 14 heavy (non-hydrogen) atoms. The van der Waals surface area contributed by atoms with Crippen LogP contribution in [0, 0.1) is 3.57 Å². The molecule has 1 N–H and O–H groups in total. The largest absolute Gasteiger partial charge is 0.326 e. The molecule has 0 aliphatic heterocycles. The lowest BCUT2D eigenvalue weighted by Gasteiger charge is -2.05. The van der Waals surface area contributed by atoms with Crippen LogP contribution in [0.25, 0.3) is 0 Å². The van der Waals surface area contributed by atoms with E-state index in [0.29, 0.717) is 12.2 Å². The van der Waals surface area contributed by atoms with Crippen molar-refractivity contribution in [3.63, 3.8) is 0 Å². The summed E-state index contributed by atoms with van der Waals surface area (Å²) >= 11 is 9.59. The monoisotopic (exact) mass is 385 g/mol. The molecule has 0 bridgehead atoms. The number of rotatable bonds is 3. The van der Waals surface area contributed by atoms with Gasteiger partial charge in [0.2, 0.25) is 5.91 Å². The predicted molar refractivity (Wildman–Crippen MR) is 74.0 cm³/mol. The first-order chi connectivity index (χ1) is 6.63. The SMILES string of the molecule is O=C(CCS)Nc1ccc(Br)c(I)c1. The molecule has 0 aliphatic rings. The number of anilines is 1. The molecule has 0 unspecified atom stereocenters. The Balaban J connectivity index is 2.68. The molecule has 0 spiro atoms.